The van der Waals surface area contributed by atoms with Crippen LogP contribution in [0.3, 0.4) is 0 Å². The molecule has 1 aromatic carbocycles. The van der Waals surface area contributed by atoms with E-state index in [2.05, 4.69) is 32.2 Å². The summed E-state index contributed by atoms with van der Waals surface area (Å²) in [5.41, 5.74) is 1.51. The van der Waals surface area contributed by atoms with Gasteiger partial charge in [0, 0.05) is 38.8 Å². The van der Waals surface area contributed by atoms with Gasteiger partial charge in [-0.2, -0.15) is 0 Å². The average Bonchev–Trinajstić information content (AvgIpc) is 3.27. The van der Waals surface area contributed by atoms with Crippen molar-refractivity contribution in [2.45, 2.75) is 39.4 Å². The van der Waals surface area contributed by atoms with Crippen molar-refractivity contribution < 1.29 is 18.7 Å². The fourth-order valence-electron chi connectivity index (χ4n) is 3.39. The van der Waals surface area contributed by atoms with Gasteiger partial charge < -0.3 is 19.2 Å². The Balaban J connectivity index is 1.64. The molecule has 3 rings (SSSR count). The zero-order valence-electron chi connectivity index (χ0n) is 18.8. The number of oxazole rings is 1. The van der Waals surface area contributed by atoms with Crippen LogP contribution in [0.4, 0.5) is 0 Å². The molecule has 0 bridgehead atoms. The van der Waals surface area contributed by atoms with E-state index in [0.29, 0.717) is 18.1 Å². The number of nitrogens with one attached hydrogen (secondary N) is 1. The summed E-state index contributed by atoms with van der Waals surface area (Å²) in [6, 6.07) is 8.19. The van der Waals surface area contributed by atoms with Crippen LogP contribution in [0.15, 0.2) is 34.9 Å². The van der Waals surface area contributed by atoms with E-state index in [9.17, 15) is 4.79 Å². The van der Waals surface area contributed by atoms with Crippen LogP contribution in [-0.4, -0.2) is 73.2 Å². The lowest BCUT2D eigenvalue weighted by molar-refractivity contribution is 0.0320. The molecule has 0 spiro atoms. The van der Waals surface area contributed by atoms with E-state index in [0.717, 1.165) is 58.1 Å². The van der Waals surface area contributed by atoms with Crippen molar-refractivity contribution in [3.63, 3.8) is 0 Å². The predicted octanol–water partition coefficient (Wildman–Crippen LogP) is 2.55. The third-order valence-electron chi connectivity index (χ3n) is 5.53. The molecule has 1 amide bonds. The second-order valence-electron chi connectivity index (χ2n) is 7.92. The van der Waals surface area contributed by atoms with Gasteiger partial charge in [0.2, 0.25) is 5.89 Å². The van der Waals surface area contributed by atoms with E-state index in [1.807, 2.05) is 26.0 Å². The van der Waals surface area contributed by atoms with Gasteiger partial charge >= 0.3 is 0 Å². The van der Waals surface area contributed by atoms with Crippen LogP contribution in [0.1, 0.15) is 42.2 Å². The highest BCUT2D eigenvalue weighted by atomic mass is 16.5. The molecular formula is C23H34N4O4. The summed E-state index contributed by atoms with van der Waals surface area (Å²) in [5, 5.41) is 2.93. The lowest BCUT2D eigenvalue weighted by Crippen LogP contribution is -2.41. The topological polar surface area (TPSA) is 80.1 Å². The molecule has 1 aliphatic rings. The fraction of sp³-hybridized carbons (Fsp3) is 0.565. The summed E-state index contributed by atoms with van der Waals surface area (Å²) in [6.45, 7) is 10.6. The summed E-state index contributed by atoms with van der Waals surface area (Å²) in [6.07, 6.45) is 2.31. The molecule has 1 fully saturated rings. The van der Waals surface area contributed by atoms with Gasteiger partial charge in [0.25, 0.3) is 5.91 Å². The van der Waals surface area contributed by atoms with Crippen LogP contribution >= 0.6 is 0 Å². The quantitative estimate of drug-likeness (QED) is 0.587. The van der Waals surface area contributed by atoms with Gasteiger partial charge in [-0.1, -0.05) is 19.1 Å². The number of amides is 1. The van der Waals surface area contributed by atoms with Gasteiger partial charge in [-0.25, -0.2) is 4.98 Å². The van der Waals surface area contributed by atoms with Crippen molar-refractivity contribution in [1.82, 2.24) is 20.1 Å². The number of hydrogen-bond acceptors (Lipinski definition) is 7. The molecule has 0 saturated carbocycles. The Bertz CT molecular complexity index is 802. The zero-order chi connectivity index (χ0) is 22.1. The normalized spacial score (nSPS) is 15.7. The maximum absolute atomic E-state index is 12.3. The number of nitrogens with zero attached hydrogens (tertiary/aromatic N) is 3. The summed E-state index contributed by atoms with van der Waals surface area (Å²) in [5.74, 6) is 1.19. The largest absolute Gasteiger partial charge is 0.497 e. The number of carbonyl (C=O) groups is 1. The van der Waals surface area contributed by atoms with E-state index >= 15 is 0 Å². The summed E-state index contributed by atoms with van der Waals surface area (Å²) in [7, 11) is 1.67. The highest BCUT2D eigenvalue weighted by Gasteiger charge is 2.18. The van der Waals surface area contributed by atoms with Crippen molar-refractivity contribution >= 4 is 5.91 Å². The maximum Gasteiger partial charge on any atom is 0.273 e. The van der Waals surface area contributed by atoms with E-state index in [1.54, 1.807) is 7.11 Å². The van der Waals surface area contributed by atoms with Crippen molar-refractivity contribution in [3.8, 4) is 5.75 Å². The first-order valence-corrected chi connectivity index (χ1v) is 11.0. The minimum Gasteiger partial charge on any atom is -0.497 e. The number of morpholine rings is 1. The minimum absolute atomic E-state index is 0.104. The van der Waals surface area contributed by atoms with Crippen LogP contribution in [0, 0.1) is 0 Å². The molecule has 1 atom stereocenters. The summed E-state index contributed by atoms with van der Waals surface area (Å²) < 4.78 is 16.3. The number of rotatable bonds is 11. The highest BCUT2D eigenvalue weighted by molar-refractivity contribution is 5.92. The number of hydrogen-bond donors (Lipinski definition) is 1. The highest BCUT2D eigenvalue weighted by Crippen LogP contribution is 2.15. The molecule has 1 saturated heterocycles. The van der Waals surface area contributed by atoms with Crippen molar-refractivity contribution in [2.24, 2.45) is 0 Å². The molecular weight excluding hydrogens is 396 g/mol. The lowest BCUT2D eigenvalue weighted by atomic mass is 10.2. The van der Waals surface area contributed by atoms with Crippen LogP contribution in [0.5, 0.6) is 5.75 Å². The van der Waals surface area contributed by atoms with Crippen LogP contribution in [-0.2, 0) is 17.8 Å². The number of benzene rings is 1. The molecule has 1 N–H and O–H groups in total. The lowest BCUT2D eigenvalue weighted by Gasteiger charge is -2.29. The third-order valence-corrected chi connectivity index (χ3v) is 5.53. The number of aromatic nitrogens is 1. The Hall–Kier alpha value is -2.42. The maximum atomic E-state index is 12.3. The Morgan fingerprint density at radius 1 is 1.26 bits per heavy atom. The summed E-state index contributed by atoms with van der Waals surface area (Å²) >= 11 is 0. The fourth-order valence-corrected chi connectivity index (χ4v) is 3.39. The smallest absolute Gasteiger partial charge is 0.273 e. The Kier molecular flexibility index (Phi) is 8.87. The molecule has 0 radical (unpaired) electrons. The molecule has 1 aliphatic heterocycles. The second kappa shape index (κ2) is 11.8. The van der Waals surface area contributed by atoms with Gasteiger partial charge in [-0.05, 0) is 31.0 Å². The molecule has 2 heterocycles. The van der Waals surface area contributed by atoms with Crippen molar-refractivity contribution in [2.75, 3.05) is 46.5 Å². The van der Waals surface area contributed by atoms with Crippen molar-refractivity contribution in [1.29, 1.82) is 0 Å². The number of carbonyl (C=O) groups excluding carboxylic acids is 1. The molecule has 8 nitrogen and oxygen atoms in total. The number of methoxy groups -OCH3 is 1. The van der Waals surface area contributed by atoms with E-state index in [-0.39, 0.29) is 11.9 Å². The Morgan fingerprint density at radius 3 is 2.68 bits per heavy atom. The minimum atomic E-state index is -0.195. The Labute approximate surface area is 184 Å². The first-order chi connectivity index (χ1) is 15.1. The van der Waals surface area contributed by atoms with Gasteiger partial charge in [0.1, 0.15) is 12.0 Å². The molecule has 8 heteroatoms. The SMILES string of the molecule is CCC(C)NC(=O)c1coc(CN(CCN2CCOCC2)Cc2ccc(OC)cc2)n1. The second-order valence-corrected chi connectivity index (χ2v) is 7.92. The number of ether oxygens (including phenoxy) is 2. The van der Waals surface area contributed by atoms with Gasteiger partial charge in [-0.3, -0.25) is 14.6 Å². The van der Waals surface area contributed by atoms with Gasteiger partial charge in [0.05, 0.1) is 26.9 Å². The predicted molar refractivity (Wildman–Crippen MR) is 118 cm³/mol. The molecule has 0 aliphatic carbocycles. The third kappa shape index (κ3) is 7.34. The summed E-state index contributed by atoms with van der Waals surface area (Å²) in [4.78, 5) is 21.4. The van der Waals surface area contributed by atoms with E-state index < -0.39 is 0 Å². The molecule has 170 valence electrons. The Morgan fingerprint density at radius 2 is 2.00 bits per heavy atom. The zero-order valence-corrected chi connectivity index (χ0v) is 18.8. The molecule has 1 unspecified atom stereocenters. The molecule has 1 aromatic heterocycles. The first-order valence-electron chi connectivity index (χ1n) is 11.0. The van der Waals surface area contributed by atoms with Crippen LogP contribution < -0.4 is 10.1 Å². The van der Waals surface area contributed by atoms with Gasteiger partial charge in [0.15, 0.2) is 5.69 Å². The first kappa shape index (κ1) is 23.2. The average molecular weight is 431 g/mol. The molecule has 31 heavy (non-hydrogen) atoms. The van der Waals surface area contributed by atoms with E-state index in [1.165, 1.54) is 11.8 Å². The van der Waals surface area contributed by atoms with Crippen LogP contribution in [0.25, 0.3) is 0 Å². The van der Waals surface area contributed by atoms with Crippen molar-refractivity contribution in [3.05, 3.63) is 47.7 Å². The standard InChI is InChI=1S/C23H34N4O4/c1-4-18(2)24-23(28)21-17-31-22(25-21)16-27(10-9-26-11-13-30-14-12-26)15-19-5-7-20(29-3)8-6-19/h5-8,17-18H,4,9-16H2,1-3H3,(H,24,28). The molecule has 2 aromatic rings. The van der Waals surface area contributed by atoms with Crippen LogP contribution in [0.2, 0.25) is 0 Å². The van der Waals surface area contributed by atoms with E-state index in [4.69, 9.17) is 13.9 Å². The monoisotopic (exact) mass is 430 g/mol. The van der Waals surface area contributed by atoms with Gasteiger partial charge in [-0.15, -0.1) is 0 Å².